The predicted molar refractivity (Wildman–Crippen MR) is 88.2 cm³/mol. The Bertz CT molecular complexity index is 871. The Balaban J connectivity index is 1.46. The first-order valence-electron chi connectivity index (χ1n) is 8.18. The normalized spacial score (nSPS) is 25.2. The third-order valence-corrected chi connectivity index (χ3v) is 6.74. The summed E-state index contributed by atoms with van der Waals surface area (Å²) in [4.78, 5) is 12.6. The largest absolute Gasteiger partial charge is 0.455 e. The Labute approximate surface area is 141 Å². The number of furan rings is 1. The lowest BCUT2D eigenvalue weighted by molar-refractivity contribution is 0.0899. The van der Waals surface area contributed by atoms with Gasteiger partial charge in [-0.1, -0.05) is 24.6 Å². The number of nitrogens with one attached hydrogen (secondary N) is 1. The molecule has 2 saturated carbocycles. The molecule has 1 N–H and O–H groups in total. The van der Waals surface area contributed by atoms with Gasteiger partial charge in [-0.2, -0.15) is 0 Å². The highest BCUT2D eigenvalue weighted by atomic mass is 32.2. The van der Waals surface area contributed by atoms with E-state index >= 15 is 0 Å². The van der Waals surface area contributed by atoms with Gasteiger partial charge >= 0.3 is 0 Å². The molecule has 2 atom stereocenters. The van der Waals surface area contributed by atoms with Gasteiger partial charge in [0.2, 0.25) is 0 Å². The first kappa shape index (κ1) is 15.4. The molecule has 4 rings (SSSR count). The van der Waals surface area contributed by atoms with Crippen LogP contribution < -0.4 is 5.32 Å². The van der Waals surface area contributed by atoms with E-state index < -0.39 is 9.84 Å². The zero-order valence-corrected chi connectivity index (χ0v) is 14.0. The summed E-state index contributed by atoms with van der Waals surface area (Å²) in [6.07, 6.45) is 4.41. The lowest BCUT2D eigenvalue weighted by Gasteiger charge is -2.13. The molecule has 1 amide bonds. The number of amides is 1. The second-order valence-electron chi connectivity index (χ2n) is 6.74. The maximum absolute atomic E-state index is 12.4. The average Bonchev–Trinajstić information content (AvgIpc) is 2.90. The first-order valence-corrected chi connectivity index (χ1v) is 9.83. The molecule has 5 nitrogen and oxygen atoms in total. The van der Waals surface area contributed by atoms with Gasteiger partial charge in [0.1, 0.15) is 11.5 Å². The quantitative estimate of drug-likeness (QED) is 0.904. The van der Waals surface area contributed by atoms with Crippen LogP contribution in [-0.2, 0) is 15.6 Å². The maximum Gasteiger partial charge on any atom is 0.287 e. The van der Waals surface area contributed by atoms with Crippen LogP contribution in [0.15, 0.2) is 51.8 Å². The summed E-state index contributed by atoms with van der Waals surface area (Å²) in [5, 5.41) is 3.07. The number of benzene rings is 1. The van der Waals surface area contributed by atoms with E-state index in [1.165, 1.54) is 6.42 Å². The number of hydrogen-bond acceptors (Lipinski definition) is 4. The predicted octanol–water partition coefficient (Wildman–Crippen LogP) is 2.93. The molecule has 1 aromatic heterocycles. The van der Waals surface area contributed by atoms with Crippen molar-refractivity contribution < 1.29 is 17.6 Å². The van der Waals surface area contributed by atoms with Gasteiger partial charge in [0.05, 0.1) is 4.90 Å². The maximum atomic E-state index is 12.4. The summed E-state index contributed by atoms with van der Waals surface area (Å²) in [6.45, 7) is 0. The Morgan fingerprint density at radius 1 is 1.21 bits per heavy atom. The zero-order valence-electron chi connectivity index (χ0n) is 13.2. The topological polar surface area (TPSA) is 76.4 Å². The zero-order chi connectivity index (χ0) is 16.8. The highest BCUT2D eigenvalue weighted by Crippen LogP contribution is 2.55. The standard InChI is InChI=1S/C18H19NO4S/c20-17(19-18-10-4-5-13(18)11-18)16-9-8-14(23-16)12-24(21,22)15-6-2-1-3-7-15/h1-3,6-9,13H,4-5,10-12H2,(H,19,20)/t13-,18-/m1/s1. The highest BCUT2D eigenvalue weighted by molar-refractivity contribution is 7.90. The van der Waals surface area contributed by atoms with Gasteiger partial charge < -0.3 is 9.73 Å². The molecule has 0 unspecified atom stereocenters. The minimum atomic E-state index is -3.48. The van der Waals surface area contributed by atoms with Crippen molar-refractivity contribution in [3.8, 4) is 0 Å². The van der Waals surface area contributed by atoms with E-state index in [-0.39, 0.29) is 33.6 Å². The van der Waals surface area contributed by atoms with Crippen molar-refractivity contribution in [1.82, 2.24) is 5.32 Å². The number of rotatable bonds is 5. The van der Waals surface area contributed by atoms with Crippen molar-refractivity contribution in [2.24, 2.45) is 5.92 Å². The average molecular weight is 345 g/mol. The van der Waals surface area contributed by atoms with E-state index in [4.69, 9.17) is 4.42 Å². The van der Waals surface area contributed by atoms with Gasteiger partial charge in [-0.05, 0) is 49.4 Å². The molecule has 2 aromatic rings. The lowest BCUT2D eigenvalue weighted by Crippen LogP contribution is -2.36. The van der Waals surface area contributed by atoms with Crippen LogP contribution in [0.25, 0.3) is 0 Å². The fraction of sp³-hybridized carbons (Fsp3) is 0.389. The second-order valence-corrected chi connectivity index (χ2v) is 8.73. The summed E-state index contributed by atoms with van der Waals surface area (Å²) < 4.78 is 30.2. The summed E-state index contributed by atoms with van der Waals surface area (Å²) in [6, 6.07) is 11.3. The Kier molecular flexibility index (Phi) is 3.53. The molecule has 0 bridgehead atoms. The van der Waals surface area contributed by atoms with E-state index in [1.807, 2.05) is 0 Å². The molecule has 1 aromatic carbocycles. The molecule has 2 aliphatic carbocycles. The van der Waals surface area contributed by atoms with E-state index in [0.29, 0.717) is 5.92 Å². The van der Waals surface area contributed by atoms with Crippen LogP contribution >= 0.6 is 0 Å². The van der Waals surface area contributed by atoms with Crippen LogP contribution in [0.1, 0.15) is 42.0 Å². The smallest absolute Gasteiger partial charge is 0.287 e. The third-order valence-electron chi connectivity index (χ3n) is 5.09. The molecule has 126 valence electrons. The van der Waals surface area contributed by atoms with Crippen LogP contribution in [0, 0.1) is 5.92 Å². The van der Waals surface area contributed by atoms with Crippen LogP contribution in [0.3, 0.4) is 0 Å². The van der Waals surface area contributed by atoms with Crippen LogP contribution in [0.2, 0.25) is 0 Å². The van der Waals surface area contributed by atoms with E-state index in [9.17, 15) is 13.2 Å². The van der Waals surface area contributed by atoms with Crippen molar-refractivity contribution in [3.05, 3.63) is 54.0 Å². The number of sulfone groups is 1. The number of carbonyl (C=O) groups excluding carboxylic acids is 1. The number of fused-ring (bicyclic) bond motifs is 1. The second kappa shape index (κ2) is 5.48. The molecular formula is C18H19NO4S. The summed E-state index contributed by atoms with van der Waals surface area (Å²) >= 11 is 0. The fourth-order valence-corrected chi connectivity index (χ4v) is 4.98. The SMILES string of the molecule is O=C(N[C@@]12CCC[C@@H]1C2)c1ccc(CS(=O)(=O)c2ccccc2)o1. The van der Waals surface area contributed by atoms with Crippen LogP contribution in [0.5, 0.6) is 0 Å². The Morgan fingerprint density at radius 3 is 2.67 bits per heavy atom. The van der Waals surface area contributed by atoms with Gasteiger partial charge in [0.15, 0.2) is 15.6 Å². The van der Waals surface area contributed by atoms with E-state index in [0.717, 1.165) is 19.3 Å². The molecule has 1 heterocycles. The minimum absolute atomic E-state index is 0.0276. The molecular weight excluding hydrogens is 326 g/mol. The highest BCUT2D eigenvalue weighted by Gasteiger charge is 2.57. The Hall–Kier alpha value is -2.08. The molecule has 0 radical (unpaired) electrons. The van der Waals surface area contributed by atoms with Crippen molar-refractivity contribution in [2.75, 3.05) is 0 Å². The van der Waals surface area contributed by atoms with Gasteiger partial charge in [-0.25, -0.2) is 8.42 Å². The first-order chi connectivity index (χ1) is 11.5. The van der Waals surface area contributed by atoms with Crippen molar-refractivity contribution in [2.45, 2.75) is 41.9 Å². The summed E-state index contributed by atoms with van der Waals surface area (Å²) in [7, 11) is -3.48. The molecule has 24 heavy (non-hydrogen) atoms. The van der Waals surface area contributed by atoms with Gasteiger partial charge in [0.25, 0.3) is 5.91 Å². The van der Waals surface area contributed by atoms with E-state index in [1.54, 1.807) is 42.5 Å². The van der Waals surface area contributed by atoms with Crippen LogP contribution in [-0.4, -0.2) is 19.9 Å². The molecule has 2 fully saturated rings. The summed E-state index contributed by atoms with van der Waals surface area (Å²) in [5.41, 5.74) is -0.0276. The van der Waals surface area contributed by atoms with Crippen molar-refractivity contribution in [1.29, 1.82) is 0 Å². The van der Waals surface area contributed by atoms with Gasteiger partial charge in [-0.15, -0.1) is 0 Å². The molecule has 0 saturated heterocycles. The van der Waals surface area contributed by atoms with Gasteiger partial charge in [0, 0.05) is 5.54 Å². The number of hydrogen-bond donors (Lipinski definition) is 1. The monoisotopic (exact) mass is 345 g/mol. The third kappa shape index (κ3) is 2.75. The molecule has 0 aliphatic heterocycles. The molecule has 2 aliphatic rings. The van der Waals surface area contributed by atoms with Crippen molar-refractivity contribution in [3.63, 3.8) is 0 Å². The minimum Gasteiger partial charge on any atom is -0.455 e. The lowest BCUT2D eigenvalue weighted by atomic mass is 10.2. The van der Waals surface area contributed by atoms with Gasteiger partial charge in [-0.3, -0.25) is 4.79 Å². The fourth-order valence-electron chi connectivity index (χ4n) is 3.71. The Morgan fingerprint density at radius 2 is 2.00 bits per heavy atom. The van der Waals surface area contributed by atoms with Crippen molar-refractivity contribution >= 4 is 15.7 Å². The van der Waals surface area contributed by atoms with E-state index in [2.05, 4.69) is 5.32 Å². The molecule has 6 heteroatoms. The number of carbonyl (C=O) groups is 1. The molecule has 0 spiro atoms. The summed E-state index contributed by atoms with van der Waals surface area (Å²) in [5.74, 6) is 0.565. The van der Waals surface area contributed by atoms with Crippen LogP contribution in [0.4, 0.5) is 0 Å².